The van der Waals surface area contributed by atoms with Crippen LogP contribution in [0.2, 0.25) is 0 Å². The van der Waals surface area contributed by atoms with Crippen molar-refractivity contribution < 1.29 is 18.3 Å². The second-order valence-corrected chi connectivity index (χ2v) is 8.43. The number of halogens is 2. The third-order valence-electron chi connectivity index (χ3n) is 5.72. The maximum Gasteiger partial charge on any atom is 0.270 e. The molecule has 10 heteroatoms. The molecule has 178 valence electrons. The Morgan fingerprint density at radius 2 is 2.00 bits per heavy atom. The van der Waals surface area contributed by atoms with Gasteiger partial charge in [-0.2, -0.15) is 5.10 Å². The van der Waals surface area contributed by atoms with Crippen LogP contribution >= 0.6 is 0 Å². The Morgan fingerprint density at radius 1 is 1.26 bits per heavy atom. The number of hydrogen-bond donors (Lipinski definition) is 2. The summed E-state index contributed by atoms with van der Waals surface area (Å²) in [6.07, 6.45) is 5.73. The van der Waals surface area contributed by atoms with Gasteiger partial charge < -0.3 is 15.8 Å². The van der Waals surface area contributed by atoms with E-state index in [9.17, 15) is 13.6 Å². The number of aromatic nitrogens is 4. The number of pyridine rings is 1. The number of imidazole rings is 1. The van der Waals surface area contributed by atoms with Crippen molar-refractivity contribution in [2.75, 3.05) is 6.54 Å². The number of rotatable bonds is 8. The van der Waals surface area contributed by atoms with E-state index < -0.39 is 17.2 Å². The number of nitrogens with two attached hydrogens (primary N) is 1. The van der Waals surface area contributed by atoms with Crippen molar-refractivity contribution in [3.8, 4) is 11.4 Å². The summed E-state index contributed by atoms with van der Waals surface area (Å²) in [6.45, 7) is 5.44. The predicted octanol–water partition coefficient (Wildman–Crippen LogP) is 3.54. The first-order chi connectivity index (χ1) is 16.2. The van der Waals surface area contributed by atoms with Crippen LogP contribution in [0.3, 0.4) is 0 Å². The summed E-state index contributed by atoms with van der Waals surface area (Å²) in [4.78, 5) is 17.6. The molecule has 0 aliphatic rings. The highest BCUT2D eigenvalue weighted by atomic mass is 19.1. The van der Waals surface area contributed by atoms with Crippen LogP contribution in [0.4, 0.5) is 8.78 Å². The van der Waals surface area contributed by atoms with Crippen LogP contribution in [0.5, 0.6) is 5.75 Å². The van der Waals surface area contributed by atoms with Gasteiger partial charge in [0.05, 0.1) is 16.9 Å². The van der Waals surface area contributed by atoms with E-state index in [1.807, 2.05) is 13.8 Å². The lowest BCUT2D eigenvalue weighted by Gasteiger charge is -2.23. The fourth-order valence-corrected chi connectivity index (χ4v) is 3.45. The van der Waals surface area contributed by atoms with Gasteiger partial charge in [0.25, 0.3) is 5.91 Å². The maximum absolute atomic E-state index is 14.1. The first-order valence-corrected chi connectivity index (χ1v) is 10.9. The minimum Gasteiger partial charge on any atom is -0.485 e. The molecule has 0 fully saturated rings. The van der Waals surface area contributed by atoms with Crippen LogP contribution in [0.25, 0.3) is 11.3 Å². The minimum absolute atomic E-state index is 0.201. The first-order valence-electron chi connectivity index (χ1n) is 10.9. The molecular weight excluding hydrogens is 442 g/mol. The van der Waals surface area contributed by atoms with Crippen molar-refractivity contribution in [3.63, 3.8) is 0 Å². The van der Waals surface area contributed by atoms with Crippen molar-refractivity contribution in [3.05, 3.63) is 77.5 Å². The minimum atomic E-state index is -0.709. The van der Waals surface area contributed by atoms with Crippen molar-refractivity contribution in [2.24, 2.45) is 5.73 Å². The number of ether oxygens (including phenoxy) is 1. The summed E-state index contributed by atoms with van der Waals surface area (Å²) < 4.78 is 37.3. The Labute approximate surface area is 195 Å². The number of amides is 1. The number of aryl methyl sites for hydroxylation is 1. The van der Waals surface area contributed by atoms with Crippen molar-refractivity contribution >= 4 is 11.6 Å². The molecule has 0 bridgehead atoms. The zero-order valence-corrected chi connectivity index (χ0v) is 19.2. The highest BCUT2D eigenvalue weighted by Gasteiger charge is 2.23. The predicted molar refractivity (Wildman–Crippen MR) is 123 cm³/mol. The van der Waals surface area contributed by atoms with Gasteiger partial charge in [0.1, 0.15) is 23.9 Å². The van der Waals surface area contributed by atoms with E-state index in [-0.39, 0.29) is 30.4 Å². The second kappa shape index (κ2) is 9.22. The molecule has 0 radical (unpaired) electrons. The molecule has 34 heavy (non-hydrogen) atoms. The fraction of sp³-hybridized carbons (Fsp3) is 0.292. The number of benzene rings is 1. The van der Waals surface area contributed by atoms with Crippen LogP contribution in [-0.4, -0.2) is 37.2 Å². The van der Waals surface area contributed by atoms with Crippen molar-refractivity contribution in [1.29, 1.82) is 0 Å². The van der Waals surface area contributed by atoms with E-state index in [1.165, 1.54) is 18.2 Å². The lowest BCUT2D eigenvalue weighted by atomic mass is 10.0. The van der Waals surface area contributed by atoms with Gasteiger partial charge in [-0.05, 0) is 38.5 Å². The standard InChI is InChI=1S/C24H26F2N6O2/c1-4-24(3,27)14-28-23(33)21-15(2)30-22-20(34-13-17-18(25)7-5-8-19(17)26)11-16(12-31(21)22)32-10-6-9-29-32/h5-12H,4,13-14,27H2,1-3H3,(H,28,33). The average Bonchev–Trinajstić information content (AvgIpc) is 3.45. The third-order valence-corrected chi connectivity index (χ3v) is 5.72. The van der Waals surface area contributed by atoms with E-state index in [1.54, 1.807) is 46.7 Å². The molecule has 3 heterocycles. The van der Waals surface area contributed by atoms with Gasteiger partial charge >= 0.3 is 0 Å². The Hall–Kier alpha value is -3.79. The molecule has 1 unspecified atom stereocenters. The normalized spacial score (nSPS) is 13.1. The fourth-order valence-electron chi connectivity index (χ4n) is 3.45. The van der Waals surface area contributed by atoms with E-state index in [0.29, 0.717) is 29.1 Å². The zero-order chi connectivity index (χ0) is 24.5. The molecule has 4 rings (SSSR count). The van der Waals surface area contributed by atoms with Gasteiger partial charge in [0, 0.05) is 36.7 Å². The lowest BCUT2D eigenvalue weighted by Crippen LogP contribution is -2.47. The average molecular weight is 469 g/mol. The van der Waals surface area contributed by atoms with Crippen LogP contribution in [-0.2, 0) is 6.61 Å². The second-order valence-electron chi connectivity index (χ2n) is 8.43. The molecule has 1 amide bonds. The molecule has 0 aliphatic heterocycles. The summed E-state index contributed by atoms with van der Waals surface area (Å²) in [5.74, 6) is -1.52. The molecule has 0 saturated heterocycles. The number of carbonyl (C=O) groups excluding carboxylic acids is 1. The van der Waals surface area contributed by atoms with Gasteiger partial charge in [-0.3, -0.25) is 9.20 Å². The Kier molecular flexibility index (Phi) is 6.34. The molecular formula is C24H26F2N6O2. The van der Waals surface area contributed by atoms with Gasteiger partial charge in [-0.1, -0.05) is 13.0 Å². The molecule has 3 N–H and O–H groups in total. The summed E-state index contributed by atoms with van der Waals surface area (Å²) in [7, 11) is 0. The number of nitrogens with zero attached hydrogens (tertiary/aromatic N) is 4. The number of fused-ring (bicyclic) bond motifs is 1. The number of carbonyl (C=O) groups is 1. The molecule has 0 spiro atoms. The van der Waals surface area contributed by atoms with Crippen molar-refractivity contribution in [1.82, 2.24) is 24.5 Å². The highest BCUT2D eigenvalue weighted by Crippen LogP contribution is 2.27. The van der Waals surface area contributed by atoms with E-state index in [0.717, 1.165) is 0 Å². The van der Waals surface area contributed by atoms with Crippen LogP contribution in [0.15, 0.2) is 48.9 Å². The zero-order valence-electron chi connectivity index (χ0n) is 19.2. The van der Waals surface area contributed by atoms with Gasteiger partial charge in [-0.25, -0.2) is 18.4 Å². The molecule has 8 nitrogen and oxygen atoms in total. The van der Waals surface area contributed by atoms with Crippen molar-refractivity contribution in [2.45, 2.75) is 39.3 Å². The Bertz CT molecular complexity index is 1310. The van der Waals surface area contributed by atoms with Gasteiger partial charge in [0.15, 0.2) is 11.4 Å². The quantitative estimate of drug-likeness (QED) is 0.412. The van der Waals surface area contributed by atoms with E-state index in [4.69, 9.17) is 10.5 Å². The van der Waals surface area contributed by atoms with Crippen LogP contribution in [0.1, 0.15) is 42.0 Å². The van der Waals surface area contributed by atoms with E-state index >= 15 is 0 Å². The summed E-state index contributed by atoms with van der Waals surface area (Å²) in [5.41, 5.74) is 7.09. The largest absolute Gasteiger partial charge is 0.485 e. The summed E-state index contributed by atoms with van der Waals surface area (Å²) >= 11 is 0. The lowest BCUT2D eigenvalue weighted by molar-refractivity contribution is 0.0937. The highest BCUT2D eigenvalue weighted by molar-refractivity contribution is 5.95. The molecule has 0 aliphatic carbocycles. The monoisotopic (exact) mass is 468 g/mol. The molecule has 0 saturated carbocycles. The molecule has 1 aromatic carbocycles. The van der Waals surface area contributed by atoms with Crippen LogP contribution in [0, 0.1) is 18.6 Å². The SMILES string of the molecule is CCC(C)(N)CNC(=O)c1c(C)nc2c(OCc3c(F)cccc3F)cc(-n3cccn3)cn12. The summed E-state index contributed by atoms with van der Waals surface area (Å²) in [6, 6.07) is 7.03. The first kappa shape index (κ1) is 23.4. The maximum atomic E-state index is 14.1. The van der Waals surface area contributed by atoms with Crippen LogP contribution < -0.4 is 15.8 Å². The van der Waals surface area contributed by atoms with Gasteiger partial charge in [0.2, 0.25) is 0 Å². The summed E-state index contributed by atoms with van der Waals surface area (Å²) in [5, 5.41) is 7.10. The third kappa shape index (κ3) is 4.62. The number of nitrogens with one attached hydrogen (secondary N) is 1. The van der Waals surface area contributed by atoms with Gasteiger partial charge in [-0.15, -0.1) is 0 Å². The molecule has 4 aromatic rings. The smallest absolute Gasteiger partial charge is 0.270 e. The number of hydrogen-bond acceptors (Lipinski definition) is 5. The molecule has 1 atom stereocenters. The van der Waals surface area contributed by atoms with E-state index in [2.05, 4.69) is 15.4 Å². The topological polar surface area (TPSA) is 99.5 Å². The molecule has 3 aromatic heterocycles. The Morgan fingerprint density at radius 3 is 2.65 bits per heavy atom. The Balaban J connectivity index is 1.76.